The van der Waals surface area contributed by atoms with Gasteiger partial charge in [0.15, 0.2) is 0 Å². The smallest absolute Gasteiger partial charge is 0.338 e. The Kier molecular flexibility index (Phi) is 3.08. The number of hydrogen-bond donors (Lipinski definition) is 1. The van der Waals surface area contributed by atoms with Crippen molar-refractivity contribution in [3.05, 3.63) is 44.6 Å². The first-order valence-electron chi connectivity index (χ1n) is 5.44. The van der Waals surface area contributed by atoms with Crippen molar-refractivity contribution in [3.63, 3.8) is 0 Å². The summed E-state index contributed by atoms with van der Waals surface area (Å²) >= 11 is 5.08. The van der Waals surface area contributed by atoms with Crippen LogP contribution in [0.15, 0.2) is 34.1 Å². The van der Waals surface area contributed by atoms with Crippen molar-refractivity contribution in [3.8, 4) is 0 Å². The molecule has 1 aromatic carbocycles. The van der Waals surface area contributed by atoms with Gasteiger partial charge in [0.25, 0.3) is 0 Å². The van der Waals surface area contributed by atoms with E-state index in [-0.39, 0.29) is 5.56 Å². The predicted molar refractivity (Wildman–Crippen MR) is 75.6 cm³/mol. The van der Waals surface area contributed by atoms with Gasteiger partial charge in [0, 0.05) is 9.35 Å². The van der Waals surface area contributed by atoms with Gasteiger partial charge in [-0.05, 0) is 39.5 Å². The number of nitrogens with zero attached hydrogens (tertiary/aromatic N) is 3. The Morgan fingerprint density at radius 3 is 2.95 bits per heavy atom. The number of rotatable bonds is 3. The van der Waals surface area contributed by atoms with Crippen LogP contribution in [0.25, 0.3) is 11.0 Å². The number of carboxylic acid groups (broad SMARTS) is 1. The highest BCUT2D eigenvalue weighted by Gasteiger charge is 2.14. The van der Waals surface area contributed by atoms with E-state index in [1.54, 1.807) is 22.1 Å². The lowest BCUT2D eigenvalue weighted by Gasteiger charge is -2.01. The summed E-state index contributed by atoms with van der Waals surface area (Å²) in [4.78, 5) is 12.2. The number of aromatic carboxylic acids is 1. The van der Waals surface area contributed by atoms with E-state index in [4.69, 9.17) is 5.11 Å². The van der Waals surface area contributed by atoms with Crippen LogP contribution in [-0.4, -0.2) is 26.1 Å². The van der Waals surface area contributed by atoms with Gasteiger partial charge < -0.3 is 5.11 Å². The average Bonchev–Trinajstić information content (AvgIpc) is 2.97. The second kappa shape index (κ2) is 4.75. The minimum atomic E-state index is -0.991. The third kappa shape index (κ3) is 2.15. The highest BCUT2D eigenvalue weighted by molar-refractivity contribution is 9.10. The van der Waals surface area contributed by atoms with E-state index in [1.807, 2.05) is 17.5 Å². The molecule has 0 saturated carbocycles. The molecule has 0 saturated heterocycles. The monoisotopic (exact) mass is 337 g/mol. The molecule has 0 bridgehead atoms. The standard InChI is InChI=1S/C12H8BrN3O2S/c13-8-4-5-19-10(8)6-16-9-3-1-2-7(12(17)18)11(9)14-15-16/h1-5H,6H2,(H,17,18). The van der Waals surface area contributed by atoms with Crippen molar-refractivity contribution in [2.45, 2.75) is 6.54 Å². The first-order chi connectivity index (χ1) is 9.16. The lowest BCUT2D eigenvalue weighted by Crippen LogP contribution is -2.01. The van der Waals surface area contributed by atoms with Gasteiger partial charge in [0.05, 0.1) is 17.6 Å². The van der Waals surface area contributed by atoms with Gasteiger partial charge in [0.2, 0.25) is 0 Å². The van der Waals surface area contributed by atoms with Crippen LogP contribution in [0.3, 0.4) is 0 Å². The maximum Gasteiger partial charge on any atom is 0.338 e. The number of halogens is 1. The van der Waals surface area contributed by atoms with Crippen molar-refractivity contribution >= 4 is 44.3 Å². The molecule has 3 rings (SSSR count). The van der Waals surface area contributed by atoms with Crippen molar-refractivity contribution < 1.29 is 9.90 Å². The van der Waals surface area contributed by atoms with E-state index in [2.05, 4.69) is 26.2 Å². The number of hydrogen-bond acceptors (Lipinski definition) is 4. The van der Waals surface area contributed by atoms with Gasteiger partial charge in [-0.2, -0.15) is 0 Å². The highest BCUT2D eigenvalue weighted by Crippen LogP contribution is 2.25. The zero-order valence-electron chi connectivity index (χ0n) is 9.58. The fourth-order valence-electron chi connectivity index (χ4n) is 1.85. The molecule has 0 radical (unpaired) electrons. The van der Waals surface area contributed by atoms with Crippen LogP contribution >= 0.6 is 27.3 Å². The number of carbonyl (C=O) groups is 1. The number of carboxylic acids is 1. The SMILES string of the molecule is O=C(O)c1cccc2c1nnn2Cc1sccc1Br. The molecule has 0 aliphatic carbocycles. The average molecular weight is 338 g/mol. The molecule has 0 aliphatic heterocycles. The number of thiophene rings is 1. The van der Waals surface area contributed by atoms with Crippen LogP contribution in [0.4, 0.5) is 0 Å². The Morgan fingerprint density at radius 1 is 1.42 bits per heavy atom. The van der Waals surface area contributed by atoms with E-state index >= 15 is 0 Å². The van der Waals surface area contributed by atoms with Gasteiger partial charge in [0.1, 0.15) is 5.52 Å². The molecule has 1 N–H and O–H groups in total. The van der Waals surface area contributed by atoms with E-state index in [1.165, 1.54) is 6.07 Å². The van der Waals surface area contributed by atoms with Crippen LogP contribution in [-0.2, 0) is 6.54 Å². The van der Waals surface area contributed by atoms with Crippen molar-refractivity contribution in [2.24, 2.45) is 0 Å². The number of aromatic nitrogens is 3. The van der Waals surface area contributed by atoms with Crippen LogP contribution in [0.5, 0.6) is 0 Å². The van der Waals surface area contributed by atoms with Gasteiger partial charge in [-0.25, -0.2) is 9.48 Å². The third-order valence-electron chi connectivity index (χ3n) is 2.76. The molecule has 5 nitrogen and oxygen atoms in total. The Morgan fingerprint density at radius 2 is 2.26 bits per heavy atom. The van der Waals surface area contributed by atoms with Crippen LogP contribution in [0.1, 0.15) is 15.2 Å². The van der Waals surface area contributed by atoms with Crippen LogP contribution < -0.4 is 0 Å². The van der Waals surface area contributed by atoms with E-state index < -0.39 is 5.97 Å². The Labute approximate surface area is 120 Å². The Bertz CT molecular complexity index is 765. The number of benzene rings is 1. The van der Waals surface area contributed by atoms with Crippen molar-refractivity contribution in [2.75, 3.05) is 0 Å². The zero-order valence-corrected chi connectivity index (χ0v) is 12.0. The normalized spacial score (nSPS) is 11.0. The summed E-state index contributed by atoms with van der Waals surface area (Å²) in [5, 5.41) is 19.1. The van der Waals surface area contributed by atoms with E-state index in [0.717, 1.165) is 14.9 Å². The van der Waals surface area contributed by atoms with Crippen molar-refractivity contribution in [1.82, 2.24) is 15.0 Å². The molecular formula is C12H8BrN3O2S. The lowest BCUT2D eigenvalue weighted by atomic mass is 10.2. The van der Waals surface area contributed by atoms with Crippen molar-refractivity contribution in [1.29, 1.82) is 0 Å². The highest BCUT2D eigenvalue weighted by atomic mass is 79.9. The summed E-state index contributed by atoms with van der Waals surface area (Å²) in [7, 11) is 0. The largest absolute Gasteiger partial charge is 0.478 e. The van der Waals surface area contributed by atoms with Gasteiger partial charge in [-0.3, -0.25) is 0 Å². The molecule has 7 heteroatoms. The quantitative estimate of drug-likeness (QED) is 0.797. The zero-order chi connectivity index (χ0) is 13.4. The predicted octanol–water partition coefficient (Wildman–Crippen LogP) is 3.00. The topological polar surface area (TPSA) is 68.0 Å². The summed E-state index contributed by atoms with van der Waals surface area (Å²) in [6.07, 6.45) is 0. The Balaban J connectivity index is 2.09. The molecule has 3 aromatic rings. The summed E-state index contributed by atoms with van der Waals surface area (Å²) in [5.74, 6) is -0.991. The molecule has 96 valence electrons. The molecule has 0 aliphatic rings. The van der Waals surface area contributed by atoms with Gasteiger partial charge >= 0.3 is 5.97 Å². The van der Waals surface area contributed by atoms with Crippen LogP contribution in [0.2, 0.25) is 0 Å². The molecule has 0 spiro atoms. The second-order valence-electron chi connectivity index (χ2n) is 3.92. The van der Waals surface area contributed by atoms with E-state index in [0.29, 0.717) is 12.1 Å². The fourth-order valence-corrected chi connectivity index (χ4v) is 3.31. The summed E-state index contributed by atoms with van der Waals surface area (Å²) in [6, 6.07) is 7.03. The van der Waals surface area contributed by atoms with E-state index in [9.17, 15) is 4.79 Å². The first-order valence-corrected chi connectivity index (χ1v) is 7.11. The minimum Gasteiger partial charge on any atom is -0.478 e. The molecule has 0 unspecified atom stereocenters. The molecular weight excluding hydrogens is 330 g/mol. The van der Waals surface area contributed by atoms with Gasteiger partial charge in [-0.1, -0.05) is 11.3 Å². The molecule has 0 fully saturated rings. The molecule has 2 heterocycles. The number of fused-ring (bicyclic) bond motifs is 1. The fraction of sp³-hybridized carbons (Fsp3) is 0.0833. The Hall–Kier alpha value is -1.73. The first kappa shape index (κ1) is 12.3. The molecule has 0 atom stereocenters. The molecule has 19 heavy (non-hydrogen) atoms. The summed E-state index contributed by atoms with van der Waals surface area (Å²) in [5.41, 5.74) is 1.32. The van der Waals surface area contributed by atoms with Gasteiger partial charge in [-0.15, -0.1) is 16.4 Å². The second-order valence-corrected chi connectivity index (χ2v) is 5.77. The third-order valence-corrected chi connectivity index (χ3v) is 4.67. The van der Waals surface area contributed by atoms with Crippen LogP contribution in [0, 0.1) is 0 Å². The summed E-state index contributed by atoms with van der Waals surface area (Å²) < 4.78 is 2.73. The lowest BCUT2D eigenvalue weighted by molar-refractivity contribution is 0.0699. The molecule has 2 aromatic heterocycles. The maximum absolute atomic E-state index is 11.1. The minimum absolute atomic E-state index is 0.175. The molecule has 0 amide bonds. The maximum atomic E-state index is 11.1. The summed E-state index contributed by atoms with van der Waals surface area (Å²) in [6.45, 7) is 0.567.